The van der Waals surface area contributed by atoms with Crippen molar-refractivity contribution in [1.82, 2.24) is 10.2 Å². The van der Waals surface area contributed by atoms with E-state index in [0.29, 0.717) is 6.10 Å². The van der Waals surface area contributed by atoms with E-state index in [1.54, 1.807) is 0 Å². The van der Waals surface area contributed by atoms with Crippen LogP contribution in [0.2, 0.25) is 0 Å². The summed E-state index contributed by atoms with van der Waals surface area (Å²) in [5.74, 6) is 0. The zero-order valence-electron chi connectivity index (χ0n) is 11.6. The first-order valence-electron chi connectivity index (χ1n) is 7.30. The molecule has 3 heteroatoms. The van der Waals surface area contributed by atoms with E-state index in [0.717, 1.165) is 37.8 Å². The summed E-state index contributed by atoms with van der Waals surface area (Å²) in [4.78, 5) is 2.62. The summed E-state index contributed by atoms with van der Waals surface area (Å²) >= 11 is 0. The third kappa shape index (κ3) is 3.67. The lowest BCUT2D eigenvalue weighted by Gasteiger charge is -2.37. The highest BCUT2D eigenvalue weighted by Gasteiger charge is 2.35. The van der Waals surface area contributed by atoms with Gasteiger partial charge in [0.25, 0.3) is 0 Å². The lowest BCUT2D eigenvalue weighted by molar-refractivity contribution is 0.0427. The second-order valence-corrected chi connectivity index (χ2v) is 5.81. The van der Waals surface area contributed by atoms with Crippen LogP contribution >= 0.6 is 0 Å². The second-order valence-electron chi connectivity index (χ2n) is 5.81. The number of nitrogens with zero attached hydrogens (tertiary/aromatic N) is 1. The van der Waals surface area contributed by atoms with E-state index in [2.05, 4.69) is 31.0 Å². The first kappa shape index (κ1) is 13.3. The highest BCUT2D eigenvalue weighted by Crippen LogP contribution is 2.29. The van der Waals surface area contributed by atoms with E-state index in [1.807, 2.05) is 0 Å². The Kier molecular flexibility index (Phi) is 4.83. The van der Waals surface area contributed by atoms with Gasteiger partial charge in [-0.05, 0) is 46.1 Å². The number of rotatable bonds is 6. The smallest absolute Gasteiger partial charge is 0.0597 e. The molecule has 0 spiro atoms. The quantitative estimate of drug-likeness (QED) is 0.769. The topological polar surface area (TPSA) is 24.5 Å². The fourth-order valence-corrected chi connectivity index (χ4v) is 3.33. The number of nitrogens with one attached hydrogen (secondary N) is 1. The Morgan fingerprint density at radius 3 is 2.41 bits per heavy atom. The van der Waals surface area contributed by atoms with Crippen LogP contribution in [0.25, 0.3) is 0 Å². The molecule has 3 nitrogen and oxygen atoms in total. The van der Waals surface area contributed by atoms with Gasteiger partial charge in [-0.1, -0.05) is 6.92 Å². The molecule has 2 aliphatic rings. The monoisotopic (exact) mass is 240 g/mol. The molecule has 0 aliphatic carbocycles. The van der Waals surface area contributed by atoms with Crippen LogP contribution in [0.5, 0.6) is 0 Å². The van der Waals surface area contributed by atoms with Gasteiger partial charge in [-0.2, -0.15) is 0 Å². The molecular formula is C14H28N2O. The van der Waals surface area contributed by atoms with Crippen molar-refractivity contribution in [1.29, 1.82) is 0 Å². The molecule has 0 aromatic heterocycles. The molecule has 0 aromatic rings. The first-order chi connectivity index (χ1) is 8.19. The minimum atomic E-state index is 0.359. The minimum absolute atomic E-state index is 0.359. The van der Waals surface area contributed by atoms with E-state index in [9.17, 15) is 0 Å². The van der Waals surface area contributed by atoms with Crippen LogP contribution in [-0.2, 0) is 4.74 Å². The minimum Gasteiger partial charge on any atom is -0.377 e. The van der Waals surface area contributed by atoms with Crippen LogP contribution in [0.3, 0.4) is 0 Å². The van der Waals surface area contributed by atoms with Gasteiger partial charge in [-0.15, -0.1) is 0 Å². The molecule has 0 amide bonds. The van der Waals surface area contributed by atoms with Gasteiger partial charge in [0.05, 0.1) is 12.7 Å². The van der Waals surface area contributed by atoms with Crippen LogP contribution in [0, 0.1) is 0 Å². The molecule has 0 radical (unpaired) electrons. The molecule has 2 heterocycles. The van der Waals surface area contributed by atoms with Crippen LogP contribution in [0.1, 0.15) is 46.5 Å². The molecule has 0 aromatic carbocycles. The highest BCUT2D eigenvalue weighted by atomic mass is 16.5. The van der Waals surface area contributed by atoms with Gasteiger partial charge >= 0.3 is 0 Å². The van der Waals surface area contributed by atoms with Gasteiger partial charge in [0.1, 0.15) is 0 Å². The van der Waals surface area contributed by atoms with Crippen molar-refractivity contribution in [2.75, 3.05) is 19.7 Å². The maximum atomic E-state index is 5.68. The number of ether oxygens (including phenoxy) is 1. The Bertz CT molecular complexity index is 220. The van der Waals surface area contributed by atoms with Gasteiger partial charge in [0.15, 0.2) is 0 Å². The molecule has 2 atom stereocenters. The molecule has 0 saturated carbocycles. The first-order valence-corrected chi connectivity index (χ1v) is 7.30. The van der Waals surface area contributed by atoms with Crippen LogP contribution in [0.4, 0.5) is 0 Å². The van der Waals surface area contributed by atoms with Gasteiger partial charge in [-0.3, -0.25) is 4.90 Å². The lowest BCUT2D eigenvalue weighted by Crippen LogP contribution is -2.49. The Balaban J connectivity index is 1.77. The van der Waals surface area contributed by atoms with Gasteiger partial charge in [0.2, 0.25) is 0 Å². The summed E-state index contributed by atoms with van der Waals surface area (Å²) < 4.78 is 5.68. The molecular weight excluding hydrogens is 212 g/mol. The summed E-state index contributed by atoms with van der Waals surface area (Å²) in [7, 11) is 0. The van der Waals surface area contributed by atoms with Crippen LogP contribution in [0.15, 0.2) is 0 Å². The third-order valence-corrected chi connectivity index (χ3v) is 4.20. The Morgan fingerprint density at radius 2 is 1.88 bits per heavy atom. The largest absolute Gasteiger partial charge is 0.377 e. The molecule has 2 unspecified atom stereocenters. The van der Waals surface area contributed by atoms with Gasteiger partial charge in [0, 0.05) is 24.7 Å². The second kappa shape index (κ2) is 6.17. The van der Waals surface area contributed by atoms with Gasteiger partial charge < -0.3 is 10.1 Å². The summed E-state index contributed by atoms with van der Waals surface area (Å²) in [5, 5.41) is 3.72. The predicted molar refractivity (Wildman–Crippen MR) is 71.3 cm³/mol. The van der Waals surface area contributed by atoms with E-state index in [1.165, 1.54) is 25.7 Å². The highest BCUT2D eigenvalue weighted by molar-refractivity contribution is 4.95. The molecule has 2 saturated heterocycles. The average Bonchev–Trinajstić information content (AvgIpc) is 2.63. The summed E-state index contributed by atoms with van der Waals surface area (Å²) in [6.07, 6.45) is 5.82. The number of piperidine rings is 1. The molecule has 17 heavy (non-hydrogen) atoms. The summed E-state index contributed by atoms with van der Waals surface area (Å²) in [5.41, 5.74) is 0. The SMILES string of the molecule is CCN(CCOC(C)C)C1CC2CCC(C1)N2. The third-order valence-electron chi connectivity index (χ3n) is 4.20. The fourth-order valence-electron chi connectivity index (χ4n) is 3.33. The number of fused-ring (bicyclic) bond motifs is 2. The van der Waals surface area contributed by atoms with Crippen molar-refractivity contribution in [3.63, 3.8) is 0 Å². The normalized spacial score (nSPS) is 32.6. The van der Waals surface area contributed by atoms with Crippen molar-refractivity contribution in [3.8, 4) is 0 Å². The van der Waals surface area contributed by atoms with Crippen molar-refractivity contribution in [2.45, 2.75) is 70.7 Å². The molecule has 1 N–H and O–H groups in total. The zero-order chi connectivity index (χ0) is 12.3. The number of hydrogen-bond acceptors (Lipinski definition) is 3. The summed E-state index contributed by atoms with van der Waals surface area (Å²) in [6, 6.07) is 2.37. The van der Waals surface area contributed by atoms with Crippen molar-refractivity contribution < 1.29 is 4.74 Å². The molecule has 2 rings (SSSR count). The molecule has 100 valence electrons. The Labute approximate surface area is 106 Å². The maximum absolute atomic E-state index is 5.68. The van der Waals surface area contributed by atoms with E-state index < -0.39 is 0 Å². The number of likely N-dealkylation sites (N-methyl/N-ethyl adjacent to an activating group) is 1. The number of hydrogen-bond donors (Lipinski definition) is 1. The zero-order valence-corrected chi connectivity index (χ0v) is 11.6. The van der Waals surface area contributed by atoms with E-state index in [-0.39, 0.29) is 0 Å². The van der Waals surface area contributed by atoms with E-state index >= 15 is 0 Å². The van der Waals surface area contributed by atoms with E-state index in [4.69, 9.17) is 4.74 Å². The maximum Gasteiger partial charge on any atom is 0.0597 e. The average molecular weight is 240 g/mol. The molecule has 2 fully saturated rings. The lowest BCUT2D eigenvalue weighted by atomic mass is 9.98. The standard InChI is InChI=1S/C14H28N2O/c1-4-16(7-8-17-11(2)3)14-9-12-5-6-13(10-14)15-12/h11-15H,4-10H2,1-3H3. The Morgan fingerprint density at radius 1 is 1.24 bits per heavy atom. The van der Waals surface area contributed by atoms with Gasteiger partial charge in [-0.25, -0.2) is 0 Å². The van der Waals surface area contributed by atoms with Crippen molar-refractivity contribution >= 4 is 0 Å². The van der Waals surface area contributed by atoms with Crippen molar-refractivity contribution in [3.05, 3.63) is 0 Å². The summed E-state index contributed by atoms with van der Waals surface area (Å²) in [6.45, 7) is 9.64. The van der Waals surface area contributed by atoms with Crippen LogP contribution < -0.4 is 5.32 Å². The molecule has 2 bridgehead atoms. The fraction of sp³-hybridized carbons (Fsp3) is 1.00. The Hall–Kier alpha value is -0.120. The predicted octanol–water partition coefficient (Wildman–Crippen LogP) is 2.02. The van der Waals surface area contributed by atoms with Crippen LogP contribution in [-0.4, -0.2) is 48.8 Å². The molecule has 2 aliphatic heterocycles. The van der Waals surface area contributed by atoms with Crippen molar-refractivity contribution in [2.24, 2.45) is 0 Å².